The van der Waals surface area contributed by atoms with Crippen molar-refractivity contribution in [1.29, 1.82) is 0 Å². The Hall–Kier alpha value is -3.71. The van der Waals surface area contributed by atoms with Crippen molar-refractivity contribution < 1.29 is 10.0 Å². The van der Waals surface area contributed by atoms with E-state index in [1.54, 1.807) is 54.9 Å². The number of benzene rings is 2. The molecule has 0 aliphatic carbocycles. The molecule has 0 saturated heterocycles. The van der Waals surface area contributed by atoms with E-state index >= 15 is 0 Å². The number of anilines is 1. The molecule has 0 bridgehead atoms. The third-order valence-electron chi connectivity index (χ3n) is 4.55. The quantitative estimate of drug-likeness (QED) is 0.353. The molecule has 2 N–H and O–H groups in total. The average Bonchev–Trinajstić information content (AvgIpc) is 2.76. The van der Waals surface area contributed by atoms with Crippen LogP contribution in [0.15, 0.2) is 73.1 Å². The number of nitro benzene ring substituents is 1. The predicted octanol–water partition coefficient (Wildman–Crippen LogP) is 5.10. The molecule has 8 heteroatoms. The molecule has 7 nitrogen and oxygen atoms in total. The number of phenolic OH excluding ortho intramolecular Hbond substituents is 1. The molecule has 2 heterocycles. The van der Waals surface area contributed by atoms with Gasteiger partial charge in [-0.15, -0.1) is 0 Å². The molecule has 2 aromatic heterocycles. The molecule has 0 radical (unpaired) electrons. The molecule has 0 aliphatic heterocycles. The predicted molar refractivity (Wildman–Crippen MR) is 111 cm³/mol. The summed E-state index contributed by atoms with van der Waals surface area (Å²) in [6.07, 6.45) is 3.22. The number of rotatable bonds is 5. The number of non-ortho nitro benzene ring substituents is 1. The van der Waals surface area contributed by atoms with E-state index in [1.807, 2.05) is 6.07 Å². The summed E-state index contributed by atoms with van der Waals surface area (Å²) in [5.74, 6) is 0.560. The highest BCUT2D eigenvalue weighted by atomic mass is 35.5. The molecule has 144 valence electrons. The molecule has 0 saturated carbocycles. The van der Waals surface area contributed by atoms with E-state index in [4.69, 9.17) is 11.6 Å². The summed E-state index contributed by atoms with van der Waals surface area (Å²) in [5, 5.41) is 26.3. The Kier molecular flexibility index (Phi) is 4.97. The fourth-order valence-corrected chi connectivity index (χ4v) is 3.42. The molecule has 4 aromatic rings. The lowest BCUT2D eigenvalue weighted by Crippen LogP contribution is -2.14. The van der Waals surface area contributed by atoms with Crippen molar-refractivity contribution in [3.05, 3.63) is 99.3 Å². The summed E-state index contributed by atoms with van der Waals surface area (Å²) in [5.41, 5.74) is 1.54. The molecule has 0 aliphatic rings. The largest absolute Gasteiger partial charge is 0.505 e. The minimum atomic E-state index is -0.561. The van der Waals surface area contributed by atoms with Gasteiger partial charge in [0.2, 0.25) is 0 Å². The second kappa shape index (κ2) is 7.73. The molecule has 2 aromatic carbocycles. The van der Waals surface area contributed by atoms with E-state index in [0.29, 0.717) is 32.9 Å². The SMILES string of the molecule is O=[N+]([O-])c1ccc(C(Nc2ccccn2)c2cc(Cl)c3cccnc3c2O)cc1. The molecule has 29 heavy (non-hydrogen) atoms. The fourth-order valence-electron chi connectivity index (χ4n) is 3.15. The summed E-state index contributed by atoms with van der Waals surface area (Å²) in [6.45, 7) is 0. The average molecular weight is 407 g/mol. The van der Waals surface area contributed by atoms with Crippen molar-refractivity contribution in [1.82, 2.24) is 9.97 Å². The molecule has 4 rings (SSSR count). The van der Waals surface area contributed by atoms with Crippen LogP contribution in [0.2, 0.25) is 5.02 Å². The summed E-state index contributed by atoms with van der Waals surface area (Å²) in [6, 6.07) is 16.1. The van der Waals surface area contributed by atoms with Crippen molar-refractivity contribution in [2.75, 3.05) is 5.32 Å². The van der Waals surface area contributed by atoms with Gasteiger partial charge < -0.3 is 10.4 Å². The van der Waals surface area contributed by atoms with Gasteiger partial charge in [0.25, 0.3) is 5.69 Å². The zero-order valence-electron chi connectivity index (χ0n) is 15.0. The van der Waals surface area contributed by atoms with Gasteiger partial charge in [0.15, 0.2) is 0 Å². The van der Waals surface area contributed by atoms with E-state index in [2.05, 4.69) is 15.3 Å². The number of phenols is 1. The molecular formula is C21H15ClN4O3. The highest BCUT2D eigenvalue weighted by Crippen LogP contribution is 2.39. The fraction of sp³-hybridized carbons (Fsp3) is 0.0476. The van der Waals surface area contributed by atoms with Crippen LogP contribution in [0.4, 0.5) is 11.5 Å². The summed E-state index contributed by atoms with van der Waals surface area (Å²) >= 11 is 6.45. The van der Waals surface area contributed by atoms with Crippen LogP contribution in [-0.4, -0.2) is 20.0 Å². The van der Waals surface area contributed by atoms with Crippen LogP contribution in [0.1, 0.15) is 17.2 Å². The Bertz CT molecular complexity index is 1180. The topological polar surface area (TPSA) is 101 Å². The molecule has 0 amide bonds. The molecule has 0 spiro atoms. The van der Waals surface area contributed by atoms with Crippen LogP contribution in [0, 0.1) is 10.1 Å². The van der Waals surface area contributed by atoms with Crippen LogP contribution in [0.3, 0.4) is 0 Å². The first kappa shape index (κ1) is 18.6. The first-order valence-corrected chi connectivity index (χ1v) is 9.10. The summed E-state index contributed by atoms with van der Waals surface area (Å²) < 4.78 is 0. The second-order valence-corrected chi connectivity index (χ2v) is 6.74. The Balaban J connectivity index is 1.87. The number of nitrogens with one attached hydrogen (secondary N) is 1. The third kappa shape index (κ3) is 3.68. The van der Waals surface area contributed by atoms with E-state index in [9.17, 15) is 15.2 Å². The Labute approximate surface area is 170 Å². The zero-order valence-corrected chi connectivity index (χ0v) is 15.7. The lowest BCUT2D eigenvalue weighted by molar-refractivity contribution is -0.384. The van der Waals surface area contributed by atoms with E-state index in [0.717, 1.165) is 0 Å². The Morgan fingerprint density at radius 3 is 2.48 bits per heavy atom. The highest BCUT2D eigenvalue weighted by Gasteiger charge is 2.22. The minimum Gasteiger partial charge on any atom is -0.505 e. The van der Waals surface area contributed by atoms with Crippen LogP contribution in [0.5, 0.6) is 5.75 Å². The maximum atomic E-state index is 11.0. The number of aromatic nitrogens is 2. The standard InChI is InChI=1S/C21H15ClN4O3/c22-17-12-16(21(27)20-15(17)4-3-11-24-20)19(25-18-5-1-2-10-23-18)13-6-8-14(9-7-13)26(28)29/h1-12,19,27H,(H,23,25). The number of halogens is 1. The van der Waals surface area contributed by atoms with Crippen LogP contribution >= 0.6 is 11.6 Å². The van der Waals surface area contributed by atoms with Gasteiger partial charge in [-0.05, 0) is 48.0 Å². The lowest BCUT2D eigenvalue weighted by atomic mass is 9.96. The second-order valence-electron chi connectivity index (χ2n) is 6.34. The van der Waals surface area contributed by atoms with Gasteiger partial charge in [-0.1, -0.05) is 17.7 Å². The number of nitrogens with zero attached hydrogens (tertiary/aromatic N) is 3. The minimum absolute atomic E-state index is 0.0169. The maximum Gasteiger partial charge on any atom is 0.269 e. The van der Waals surface area contributed by atoms with Gasteiger partial charge in [-0.25, -0.2) is 4.98 Å². The molecule has 1 atom stereocenters. The lowest BCUT2D eigenvalue weighted by Gasteiger charge is -2.22. The first-order valence-electron chi connectivity index (χ1n) is 8.72. The van der Waals surface area contributed by atoms with Gasteiger partial charge in [0, 0.05) is 35.5 Å². The number of fused-ring (bicyclic) bond motifs is 1. The molecule has 0 fully saturated rings. The monoisotopic (exact) mass is 406 g/mol. The van der Waals surface area contributed by atoms with Crippen molar-refractivity contribution in [3.63, 3.8) is 0 Å². The van der Waals surface area contributed by atoms with Gasteiger partial charge in [0.05, 0.1) is 16.0 Å². The smallest absolute Gasteiger partial charge is 0.269 e. The number of pyridine rings is 2. The zero-order chi connectivity index (χ0) is 20.4. The number of hydrogen-bond donors (Lipinski definition) is 2. The van der Waals surface area contributed by atoms with Crippen molar-refractivity contribution in [3.8, 4) is 5.75 Å². The Morgan fingerprint density at radius 1 is 1.03 bits per heavy atom. The van der Waals surface area contributed by atoms with E-state index in [-0.39, 0.29) is 11.4 Å². The van der Waals surface area contributed by atoms with E-state index in [1.165, 1.54) is 12.1 Å². The first-order chi connectivity index (χ1) is 14.0. The number of hydrogen-bond acceptors (Lipinski definition) is 6. The number of nitro groups is 1. The van der Waals surface area contributed by atoms with Gasteiger partial charge in [0.1, 0.15) is 17.1 Å². The summed E-state index contributed by atoms with van der Waals surface area (Å²) in [7, 11) is 0. The third-order valence-corrected chi connectivity index (χ3v) is 4.86. The maximum absolute atomic E-state index is 11.0. The normalized spacial score (nSPS) is 11.9. The van der Waals surface area contributed by atoms with Crippen molar-refractivity contribution in [2.45, 2.75) is 6.04 Å². The van der Waals surface area contributed by atoms with Crippen LogP contribution in [-0.2, 0) is 0 Å². The Morgan fingerprint density at radius 2 is 1.79 bits per heavy atom. The number of aromatic hydroxyl groups is 1. The van der Waals surface area contributed by atoms with Crippen molar-refractivity contribution >= 4 is 34.0 Å². The molecule has 1 unspecified atom stereocenters. The molecular weight excluding hydrogens is 392 g/mol. The van der Waals surface area contributed by atoms with Gasteiger partial charge >= 0.3 is 0 Å². The van der Waals surface area contributed by atoms with Crippen molar-refractivity contribution in [2.24, 2.45) is 0 Å². The highest BCUT2D eigenvalue weighted by molar-refractivity contribution is 6.35. The van der Waals surface area contributed by atoms with E-state index < -0.39 is 11.0 Å². The van der Waals surface area contributed by atoms with Gasteiger partial charge in [-0.2, -0.15) is 0 Å². The van der Waals surface area contributed by atoms with Crippen LogP contribution < -0.4 is 5.32 Å². The van der Waals surface area contributed by atoms with Crippen LogP contribution in [0.25, 0.3) is 10.9 Å². The summed E-state index contributed by atoms with van der Waals surface area (Å²) in [4.78, 5) is 19.1. The van der Waals surface area contributed by atoms with Gasteiger partial charge in [-0.3, -0.25) is 15.1 Å².